The first-order valence-electron chi connectivity index (χ1n) is 6.81. The lowest BCUT2D eigenvalue weighted by Gasteiger charge is -2.26. The maximum Gasteiger partial charge on any atom is 0.248 e. The van der Waals surface area contributed by atoms with Gasteiger partial charge in [-0.2, -0.15) is 0 Å². The molecule has 0 spiro atoms. The minimum atomic E-state index is -0.285. The molecule has 0 N–H and O–H groups in total. The summed E-state index contributed by atoms with van der Waals surface area (Å²) >= 11 is 0. The third-order valence-corrected chi connectivity index (χ3v) is 2.58. The molecular weight excluding hydrogens is 244 g/mol. The van der Waals surface area contributed by atoms with Gasteiger partial charge in [0.1, 0.15) is 6.61 Å². The van der Waals surface area contributed by atoms with Crippen LogP contribution in [0.15, 0.2) is 0 Å². The Morgan fingerprint density at radius 3 is 2.21 bits per heavy atom. The van der Waals surface area contributed by atoms with Gasteiger partial charge in [0.15, 0.2) is 0 Å². The van der Waals surface area contributed by atoms with E-state index in [2.05, 4.69) is 4.90 Å². The molecule has 0 unspecified atom stereocenters. The Kier molecular flexibility index (Phi) is 8.97. The van der Waals surface area contributed by atoms with E-state index < -0.39 is 0 Å². The lowest BCUT2D eigenvalue weighted by molar-refractivity contribution is -0.141. The zero-order valence-electron chi connectivity index (χ0n) is 13.4. The second kappa shape index (κ2) is 9.28. The Bertz CT molecular complexity index is 250. The molecule has 0 aromatic carbocycles. The minimum absolute atomic E-state index is 0.0331. The SMILES string of the molecule is COCCN(CCCN(C)C)C(=O)COC(C)(C)C. The molecule has 0 radical (unpaired) electrons. The molecule has 5 heteroatoms. The Labute approximate surface area is 117 Å². The minimum Gasteiger partial charge on any atom is -0.383 e. The lowest BCUT2D eigenvalue weighted by atomic mass is 10.2. The highest BCUT2D eigenvalue weighted by molar-refractivity contribution is 5.77. The molecule has 0 saturated heterocycles. The maximum absolute atomic E-state index is 12.1. The first kappa shape index (κ1) is 18.4. The fraction of sp³-hybridized carbons (Fsp3) is 0.929. The van der Waals surface area contributed by atoms with Gasteiger partial charge in [-0.3, -0.25) is 4.79 Å². The number of ether oxygens (including phenoxy) is 2. The van der Waals surface area contributed by atoms with Crippen LogP contribution in [0.4, 0.5) is 0 Å². The highest BCUT2D eigenvalue weighted by atomic mass is 16.5. The highest BCUT2D eigenvalue weighted by Gasteiger charge is 2.17. The quantitative estimate of drug-likeness (QED) is 0.634. The van der Waals surface area contributed by atoms with Crippen molar-refractivity contribution in [1.29, 1.82) is 0 Å². The van der Waals surface area contributed by atoms with E-state index in [1.54, 1.807) is 7.11 Å². The molecule has 114 valence electrons. The fourth-order valence-corrected chi connectivity index (χ4v) is 1.51. The second-order valence-electron chi connectivity index (χ2n) is 5.93. The van der Waals surface area contributed by atoms with Crippen LogP contribution in [-0.4, -0.2) is 75.4 Å². The number of methoxy groups -OCH3 is 1. The Morgan fingerprint density at radius 1 is 1.11 bits per heavy atom. The number of carbonyl (C=O) groups excluding carboxylic acids is 1. The molecular formula is C14H30N2O3. The summed E-state index contributed by atoms with van der Waals surface area (Å²) < 4.78 is 10.6. The molecule has 0 atom stereocenters. The Hall–Kier alpha value is -0.650. The number of amides is 1. The summed E-state index contributed by atoms with van der Waals surface area (Å²) in [5.74, 6) is 0.0331. The van der Waals surface area contributed by atoms with Crippen molar-refractivity contribution in [2.45, 2.75) is 32.8 Å². The van der Waals surface area contributed by atoms with Gasteiger partial charge in [-0.05, 0) is 47.8 Å². The van der Waals surface area contributed by atoms with E-state index in [0.29, 0.717) is 13.2 Å². The predicted octanol–water partition coefficient (Wildman–Crippen LogP) is 1.23. The first-order chi connectivity index (χ1) is 8.76. The van der Waals surface area contributed by atoms with Crippen LogP contribution >= 0.6 is 0 Å². The van der Waals surface area contributed by atoms with Gasteiger partial charge in [-0.25, -0.2) is 0 Å². The average molecular weight is 274 g/mol. The number of nitrogens with zero attached hydrogens (tertiary/aromatic N) is 2. The molecule has 5 nitrogen and oxygen atoms in total. The third-order valence-electron chi connectivity index (χ3n) is 2.58. The van der Waals surface area contributed by atoms with E-state index in [-0.39, 0.29) is 18.1 Å². The fourth-order valence-electron chi connectivity index (χ4n) is 1.51. The van der Waals surface area contributed by atoms with Crippen molar-refractivity contribution in [2.24, 2.45) is 0 Å². The molecule has 1 amide bonds. The van der Waals surface area contributed by atoms with Gasteiger partial charge in [0.05, 0.1) is 12.2 Å². The van der Waals surface area contributed by atoms with Crippen LogP contribution in [0.2, 0.25) is 0 Å². The summed E-state index contributed by atoms with van der Waals surface area (Å²) in [5.41, 5.74) is -0.285. The molecule has 0 aliphatic carbocycles. The summed E-state index contributed by atoms with van der Waals surface area (Å²) in [6, 6.07) is 0. The van der Waals surface area contributed by atoms with Crippen molar-refractivity contribution in [3.8, 4) is 0 Å². The molecule has 19 heavy (non-hydrogen) atoms. The van der Waals surface area contributed by atoms with E-state index in [1.165, 1.54) is 0 Å². The van der Waals surface area contributed by atoms with Gasteiger partial charge < -0.3 is 19.3 Å². The third kappa shape index (κ3) is 10.9. The number of carbonyl (C=O) groups is 1. The molecule has 0 aromatic rings. The Balaban J connectivity index is 4.18. The summed E-state index contributed by atoms with van der Waals surface area (Å²) in [5, 5.41) is 0. The normalized spacial score (nSPS) is 11.9. The Morgan fingerprint density at radius 2 is 1.74 bits per heavy atom. The van der Waals surface area contributed by atoms with Gasteiger partial charge in [0.25, 0.3) is 0 Å². The number of rotatable bonds is 9. The van der Waals surface area contributed by atoms with E-state index in [0.717, 1.165) is 19.5 Å². The molecule has 0 heterocycles. The van der Waals surface area contributed by atoms with Gasteiger partial charge >= 0.3 is 0 Å². The van der Waals surface area contributed by atoms with Crippen LogP contribution in [0.3, 0.4) is 0 Å². The van der Waals surface area contributed by atoms with E-state index in [1.807, 2.05) is 39.8 Å². The van der Waals surface area contributed by atoms with Crippen molar-refractivity contribution in [3.63, 3.8) is 0 Å². The zero-order chi connectivity index (χ0) is 14.9. The van der Waals surface area contributed by atoms with Gasteiger partial charge in [-0.1, -0.05) is 0 Å². The zero-order valence-corrected chi connectivity index (χ0v) is 13.4. The maximum atomic E-state index is 12.1. The van der Waals surface area contributed by atoms with Crippen molar-refractivity contribution < 1.29 is 14.3 Å². The summed E-state index contributed by atoms with van der Waals surface area (Å²) in [7, 11) is 5.71. The lowest BCUT2D eigenvalue weighted by Crippen LogP contribution is -2.39. The van der Waals surface area contributed by atoms with Gasteiger partial charge in [0, 0.05) is 20.2 Å². The van der Waals surface area contributed by atoms with Crippen molar-refractivity contribution in [1.82, 2.24) is 9.80 Å². The van der Waals surface area contributed by atoms with Crippen LogP contribution in [0, 0.1) is 0 Å². The summed E-state index contributed by atoms with van der Waals surface area (Å²) in [6.07, 6.45) is 0.956. The first-order valence-corrected chi connectivity index (χ1v) is 6.81. The molecule has 0 aliphatic heterocycles. The number of hydrogen-bond donors (Lipinski definition) is 0. The van der Waals surface area contributed by atoms with Crippen molar-refractivity contribution in [2.75, 3.05) is 54.1 Å². The van der Waals surface area contributed by atoms with Crippen LogP contribution < -0.4 is 0 Å². The van der Waals surface area contributed by atoms with E-state index >= 15 is 0 Å². The standard InChI is InChI=1S/C14H30N2O3/c1-14(2,3)19-12-13(17)16(10-11-18-6)9-7-8-15(4)5/h7-12H2,1-6H3. The number of hydrogen-bond acceptors (Lipinski definition) is 4. The molecule has 0 saturated carbocycles. The van der Waals surface area contributed by atoms with E-state index in [9.17, 15) is 4.79 Å². The topological polar surface area (TPSA) is 42.0 Å². The summed E-state index contributed by atoms with van der Waals surface area (Å²) in [4.78, 5) is 16.0. The highest BCUT2D eigenvalue weighted by Crippen LogP contribution is 2.07. The van der Waals surface area contributed by atoms with Crippen LogP contribution in [-0.2, 0) is 14.3 Å². The monoisotopic (exact) mass is 274 g/mol. The molecule has 0 aliphatic rings. The second-order valence-corrected chi connectivity index (χ2v) is 5.93. The van der Waals surface area contributed by atoms with Crippen molar-refractivity contribution in [3.05, 3.63) is 0 Å². The smallest absolute Gasteiger partial charge is 0.248 e. The van der Waals surface area contributed by atoms with Crippen LogP contribution in [0.5, 0.6) is 0 Å². The summed E-state index contributed by atoms with van der Waals surface area (Å²) in [6.45, 7) is 8.88. The van der Waals surface area contributed by atoms with Crippen molar-refractivity contribution >= 4 is 5.91 Å². The van der Waals surface area contributed by atoms with Crippen LogP contribution in [0.25, 0.3) is 0 Å². The van der Waals surface area contributed by atoms with Crippen LogP contribution in [0.1, 0.15) is 27.2 Å². The van der Waals surface area contributed by atoms with E-state index in [4.69, 9.17) is 9.47 Å². The largest absolute Gasteiger partial charge is 0.383 e. The molecule has 0 bridgehead atoms. The molecule has 0 rings (SSSR count). The molecule has 0 aromatic heterocycles. The molecule has 0 fully saturated rings. The van der Waals surface area contributed by atoms with Gasteiger partial charge in [0.2, 0.25) is 5.91 Å². The average Bonchev–Trinajstić information content (AvgIpc) is 2.29. The predicted molar refractivity (Wildman–Crippen MR) is 77.3 cm³/mol. The van der Waals surface area contributed by atoms with Gasteiger partial charge in [-0.15, -0.1) is 0 Å².